The van der Waals surface area contributed by atoms with Crippen molar-refractivity contribution in [1.29, 1.82) is 0 Å². The lowest BCUT2D eigenvalue weighted by atomic mass is 10.0. The van der Waals surface area contributed by atoms with E-state index in [1.54, 1.807) is 0 Å². The van der Waals surface area contributed by atoms with Crippen molar-refractivity contribution in [3.05, 3.63) is 71.3 Å². The molecule has 112 valence electrons. The highest BCUT2D eigenvalue weighted by molar-refractivity contribution is 5.28. The molecule has 0 heterocycles. The van der Waals surface area contributed by atoms with E-state index in [4.69, 9.17) is 0 Å². The zero-order chi connectivity index (χ0) is 15.2. The van der Waals surface area contributed by atoms with Crippen LogP contribution in [0.4, 0.5) is 0 Å². The molecule has 2 rings (SSSR count). The molecular weight excluding hydrogens is 256 g/mol. The summed E-state index contributed by atoms with van der Waals surface area (Å²) in [5.41, 5.74) is 4.08. The Labute approximate surface area is 128 Å². The van der Waals surface area contributed by atoms with Gasteiger partial charge in [0, 0.05) is 18.6 Å². The fourth-order valence-electron chi connectivity index (χ4n) is 2.74. The maximum absolute atomic E-state index is 3.68. The molecule has 2 unspecified atom stereocenters. The van der Waals surface area contributed by atoms with Crippen LogP contribution in [0.25, 0.3) is 0 Å². The Kier molecular flexibility index (Phi) is 5.54. The zero-order valence-corrected chi connectivity index (χ0v) is 13.5. The van der Waals surface area contributed by atoms with Crippen LogP contribution in [-0.2, 0) is 0 Å². The normalized spacial score (nSPS) is 14.1. The van der Waals surface area contributed by atoms with Crippen molar-refractivity contribution in [2.45, 2.75) is 25.9 Å². The van der Waals surface area contributed by atoms with Gasteiger partial charge in [0.2, 0.25) is 0 Å². The molecule has 0 saturated heterocycles. The van der Waals surface area contributed by atoms with E-state index in [9.17, 15) is 0 Å². The topological polar surface area (TPSA) is 15.3 Å². The first kappa shape index (κ1) is 15.7. The maximum atomic E-state index is 3.68. The summed E-state index contributed by atoms with van der Waals surface area (Å²) in [7, 11) is 4.27. The average Bonchev–Trinajstić information content (AvgIpc) is 2.48. The number of aryl methyl sites for hydroxylation is 1. The summed E-state index contributed by atoms with van der Waals surface area (Å²) in [6.07, 6.45) is 0. The van der Waals surface area contributed by atoms with Gasteiger partial charge in [0.15, 0.2) is 0 Å². The van der Waals surface area contributed by atoms with Crippen LogP contribution < -0.4 is 5.32 Å². The molecule has 0 radical (unpaired) electrons. The quantitative estimate of drug-likeness (QED) is 0.863. The van der Waals surface area contributed by atoms with E-state index >= 15 is 0 Å². The van der Waals surface area contributed by atoms with Crippen LogP contribution in [0.5, 0.6) is 0 Å². The molecular formula is C19H26N2. The summed E-state index contributed by atoms with van der Waals surface area (Å²) in [4.78, 5) is 2.27. The monoisotopic (exact) mass is 282 g/mol. The third-order valence-electron chi connectivity index (χ3n) is 4.08. The van der Waals surface area contributed by atoms with E-state index in [2.05, 4.69) is 92.8 Å². The minimum absolute atomic E-state index is 0.359. The first-order chi connectivity index (χ1) is 10.1. The SMILES string of the molecule is Cc1ccccc1C(C)NCC(c1ccccc1)N(C)C. The second-order valence-electron chi connectivity index (χ2n) is 5.88. The van der Waals surface area contributed by atoms with Crippen LogP contribution >= 0.6 is 0 Å². The van der Waals surface area contributed by atoms with Crippen molar-refractivity contribution in [2.24, 2.45) is 0 Å². The fourth-order valence-corrected chi connectivity index (χ4v) is 2.74. The Bertz CT molecular complexity index is 549. The summed E-state index contributed by atoms with van der Waals surface area (Å²) in [6.45, 7) is 5.35. The van der Waals surface area contributed by atoms with Crippen molar-refractivity contribution in [1.82, 2.24) is 10.2 Å². The highest BCUT2D eigenvalue weighted by atomic mass is 15.1. The van der Waals surface area contributed by atoms with Crippen LogP contribution in [-0.4, -0.2) is 25.5 Å². The van der Waals surface area contributed by atoms with E-state index in [0.717, 1.165) is 6.54 Å². The smallest absolute Gasteiger partial charge is 0.0467 e. The predicted octanol–water partition coefficient (Wildman–Crippen LogP) is 3.95. The van der Waals surface area contributed by atoms with Crippen molar-refractivity contribution in [2.75, 3.05) is 20.6 Å². The van der Waals surface area contributed by atoms with Gasteiger partial charge in [-0.3, -0.25) is 0 Å². The van der Waals surface area contributed by atoms with Crippen molar-refractivity contribution >= 4 is 0 Å². The third-order valence-corrected chi connectivity index (χ3v) is 4.08. The molecule has 21 heavy (non-hydrogen) atoms. The Hall–Kier alpha value is -1.64. The van der Waals surface area contributed by atoms with Gasteiger partial charge < -0.3 is 10.2 Å². The number of nitrogens with zero attached hydrogens (tertiary/aromatic N) is 1. The largest absolute Gasteiger partial charge is 0.308 e. The molecule has 0 bridgehead atoms. The van der Waals surface area contributed by atoms with E-state index in [-0.39, 0.29) is 0 Å². The van der Waals surface area contributed by atoms with Gasteiger partial charge in [0.1, 0.15) is 0 Å². The van der Waals surface area contributed by atoms with Crippen LogP contribution in [0.2, 0.25) is 0 Å². The molecule has 0 aliphatic carbocycles. The van der Waals surface area contributed by atoms with Crippen molar-refractivity contribution < 1.29 is 0 Å². The molecule has 2 atom stereocenters. The number of rotatable bonds is 6. The third kappa shape index (κ3) is 4.16. The Morgan fingerprint density at radius 1 is 0.952 bits per heavy atom. The highest BCUT2D eigenvalue weighted by Gasteiger charge is 2.15. The second-order valence-corrected chi connectivity index (χ2v) is 5.88. The van der Waals surface area contributed by atoms with Gasteiger partial charge in [0.05, 0.1) is 0 Å². The number of likely N-dealkylation sites (N-methyl/N-ethyl adjacent to an activating group) is 1. The van der Waals surface area contributed by atoms with Gasteiger partial charge in [-0.2, -0.15) is 0 Å². The number of hydrogen-bond donors (Lipinski definition) is 1. The first-order valence-electron chi connectivity index (χ1n) is 7.60. The molecule has 2 nitrogen and oxygen atoms in total. The average molecular weight is 282 g/mol. The molecule has 0 spiro atoms. The van der Waals surface area contributed by atoms with Crippen LogP contribution in [0, 0.1) is 6.92 Å². The molecule has 0 aromatic heterocycles. The maximum Gasteiger partial charge on any atom is 0.0467 e. The zero-order valence-electron chi connectivity index (χ0n) is 13.5. The highest BCUT2D eigenvalue weighted by Crippen LogP contribution is 2.20. The number of benzene rings is 2. The van der Waals surface area contributed by atoms with Gasteiger partial charge in [-0.15, -0.1) is 0 Å². The fraction of sp³-hybridized carbons (Fsp3) is 0.368. The van der Waals surface area contributed by atoms with Gasteiger partial charge in [-0.25, -0.2) is 0 Å². The lowest BCUT2D eigenvalue weighted by Crippen LogP contribution is -2.32. The molecule has 2 aromatic carbocycles. The number of nitrogens with one attached hydrogen (secondary N) is 1. The lowest BCUT2D eigenvalue weighted by molar-refractivity contribution is 0.281. The Morgan fingerprint density at radius 2 is 1.57 bits per heavy atom. The van der Waals surface area contributed by atoms with Crippen LogP contribution in [0.3, 0.4) is 0 Å². The summed E-state index contributed by atoms with van der Waals surface area (Å²) in [6, 6.07) is 20.0. The summed E-state index contributed by atoms with van der Waals surface area (Å²) < 4.78 is 0. The van der Waals surface area contributed by atoms with Gasteiger partial charge in [0.25, 0.3) is 0 Å². The van der Waals surface area contributed by atoms with Crippen molar-refractivity contribution in [3.8, 4) is 0 Å². The molecule has 0 amide bonds. The Morgan fingerprint density at radius 3 is 2.19 bits per heavy atom. The van der Waals surface area contributed by atoms with Gasteiger partial charge in [-0.05, 0) is 44.6 Å². The van der Waals surface area contributed by atoms with E-state index < -0.39 is 0 Å². The standard InChI is InChI=1S/C19H26N2/c1-15-10-8-9-13-18(15)16(2)20-14-19(21(3)4)17-11-6-5-7-12-17/h5-13,16,19-20H,14H2,1-4H3. The van der Waals surface area contributed by atoms with E-state index in [0.29, 0.717) is 12.1 Å². The molecule has 0 fully saturated rings. The molecule has 0 aliphatic heterocycles. The van der Waals surface area contributed by atoms with Crippen molar-refractivity contribution in [3.63, 3.8) is 0 Å². The summed E-state index contributed by atoms with van der Waals surface area (Å²) >= 11 is 0. The second kappa shape index (κ2) is 7.39. The lowest BCUT2D eigenvalue weighted by Gasteiger charge is -2.27. The number of hydrogen-bond acceptors (Lipinski definition) is 2. The Balaban J connectivity index is 2.04. The molecule has 1 N–H and O–H groups in total. The summed E-state index contributed by atoms with van der Waals surface area (Å²) in [5.74, 6) is 0. The molecule has 2 heteroatoms. The minimum Gasteiger partial charge on any atom is -0.308 e. The molecule has 0 saturated carbocycles. The van der Waals surface area contributed by atoms with Crippen LogP contribution in [0.1, 0.15) is 35.7 Å². The first-order valence-corrected chi connectivity index (χ1v) is 7.60. The van der Waals surface area contributed by atoms with E-state index in [1.165, 1.54) is 16.7 Å². The molecule has 2 aromatic rings. The van der Waals surface area contributed by atoms with Crippen LogP contribution in [0.15, 0.2) is 54.6 Å². The molecule has 0 aliphatic rings. The minimum atomic E-state index is 0.359. The van der Waals surface area contributed by atoms with E-state index in [1.807, 2.05) is 0 Å². The predicted molar refractivity (Wildman–Crippen MR) is 90.5 cm³/mol. The van der Waals surface area contributed by atoms with Gasteiger partial charge >= 0.3 is 0 Å². The summed E-state index contributed by atoms with van der Waals surface area (Å²) in [5, 5.41) is 3.68. The van der Waals surface area contributed by atoms with Gasteiger partial charge in [-0.1, -0.05) is 54.6 Å².